The van der Waals surface area contributed by atoms with Crippen LogP contribution in [0.4, 0.5) is 0 Å². The maximum Gasteiger partial charge on any atom is 0.248 e. The maximum absolute atomic E-state index is 11.7. The van der Waals surface area contributed by atoms with Crippen LogP contribution in [0.5, 0.6) is 0 Å². The van der Waals surface area contributed by atoms with Crippen molar-refractivity contribution in [3.63, 3.8) is 0 Å². The van der Waals surface area contributed by atoms with Crippen LogP contribution in [0.25, 0.3) is 11.0 Å². The Balaban J connectivity index is 0.00000220. The first-order valence-corrected chi connectivity index (χ1v) is 6.70. The zero-order chi connectivity index (χ0) is 14.5. The van der Waals surface area contributed by atoms with Gasteiger partial charge in [-0.25, -0.2) is 0 Å². The number of hydrogen-bond donors (Lipinski definition) is 0. The Morgan fingerprint density at radius 2 is 1.62 bits per heavy atom. The number of benzene rings is 1. The standard InChI is InChI=1S/C16H19N3O.ClH/c1-4-11-18-13-9-7-8-10-14(13)19(12-5-2)16(18)17-15(20)6-3;/h4-5,7-10H,1-2,6,11-12H2,3H3;1H. The van der Waals surface area contributed by atoms with Crippen molar-refractivity contribution in [2.24, 2.45) is 4.99 Å². The zero-order valence-electron chi connectivity index (χ0n) is 12.2. The number of halogens is 1. The molecule has 0 fully saturated rings. The van der Waals surface area contributed by atoms with Gasteiger partial charge in [-0.15, -0.1) is 25.6 Å². The summed E-state index contributed by atoms with van der Waals surface area (Å²) in [7, 11) is 0. The number of hydrogen-bond acceptors (Lipinski definition) is 1. The topological polar surface area (TPSA) is 39.3 Å². The van der Waals surface area contributed by atoms with Gasteiger partial charge in [0.05, 0.1) is 11.0 Å². The minimum Gasteiger partial charge on any atom is -0.306 e. The third kappa shape index (κ3) is 3.34. The van der Waals surface area contributed by atoms with Crippen LogP contribution in [0.2, 0.25) is 0 Å². The summed E-state index contributed by atoms with van der Waals surface area (Å²) in [6.45, 7) is 10.6. The lowest BCUT2D eigenvalue weighted by molar-refractivity contribution is -0.117. The van der Waals surface area contributed by atoms with Gasteiger partial charge in [-0.05, 0) is 12.1 Å². The van der Waals surface area contributed by atoms with E-state index < -0.39 is 0 Å². The first kappa shape index (κ1) is 17.0. The Bertz CT molecular complexity index is 675. The molecule has 21 heavy (non-hydrogen) atoms. The van der Waals surface area contributed by atoms with Crippen molar-refractivity contribution < 1.29 is 4.79 Å². The first-order chi connectivity index (χ1) is 9.72. The van der Waals surface area contributed by atoms with E-state index in [1.807, 2.05) is 40.3 Å². The number of carbonyl (C=O) groups excluding carboxylic acids is 1. The van der Waals surface area contributed by atoms with E-state index in [1.165, 1.54) is 0 Å². The Hall–Kier alpha value is -2.07. The van der Waals surface area contributed by atoms with Crippen molar-refractivity contribution in [2.75, 3.05) is 0 Å². The number of imidazole rings is 1. The smallest absolute Gasteiger partial charge is 0.248 e. The molecule has 1 amide bonds. The molecule has 0 saturated carbocycles. The summed E-state index contributed by atoms with van der Waals surface area (Å²) in [4.78, 5) is 16.0. The SMILES string of the molecule is C=CCn1c(=NC(=O)CC)n(CC=C)c2ccccc21.Cl. The number of fused-ring (bicyclic) bond motifs is 1. The molecule has 0 radical (unpaired) electrons. The highest BCUT2D eigenvalue weighted by Crippen LogP contribution is 2.13. The Labute approximate surface area is 130 Å². The predicted octanol–water partition coefficient (Wildman–Crippen LogP) is 3.07. The van der Waals surface area contributed by atoms with Gasteiger partial charge in [0.25, 0.3) is 0 Å². The van der Waals surface area contributed by atoms with E-state index in [4.69, 9.17) is 0 Å². The minimum atomic E-state index is -0.129. The van der Waals surface area contributed by atoms with Crippen LogP contribution in [-0.4, -0.2) is 15.0 Å². The van der Waals surface area contributed by atoms with E-state index in [2.05, 4.69) is 18.2 Å². The summed E-state index contributed by atoms with van der Waals surface area (Å²) in [6.07, 6.45) is 4.00. The second-order valence-electron chi connectivity index (χ2n) is 4.45. The minimum absolute atomic E-state index is 0. The first-order valence-electron chi connectivity index (χ1n) is 6.70. The molecule has 0 saturated heterocycles. The number of nitrogens with zero attached hydrogens (tertiary/aromatic N) is 3. The quantitative estimate of drug-likeness (QED) is 0.782. The third-order valence-electron chi connectivity index (χ3n) is 3.10. The molecule has 1 aromatic carbocycles. The van der Waals surface area contributed by atoms with Crippen molar-refractivity contribution in [3.05, 3.63) is 55.2 Å². The fraction of sp³-hybridized carbons (Fsp3) is 0.250. The fourth-order valence-electron chi connectivity index (χ4n) is 2.21. The molecule has 5 heteroatoms. The van der Waals surface area contributed by atoms with Crippen molar-refractivity contribution >= 4 is 29.3 Å². The monoisotopic (exact) mass is 305 g/mol. The van der Waals surface area contributed by atoms with Gasteiger partial charge in [0.2, 0.25) is 11.5 Å². The normalized spacial score (nSPS) is 9.95. The van der Waals surface area contributed by atoms with Crippen molar-refractivity contribution in [2.45, 2.75) is 26.4 Å². The summed E-state index contributed by atoms with van der Waals surface area (Å²) in [5.41, 5.74) is 2.73. The second-order valence-corrected chi connectivity index (χ2v) is 4.45. The number of aromatic nitrogens is 2. The molecule has 0 spiro atoms. The average Bonchev–Trinajstić information content (AvgIpc) is 2.75. The van der Waals surface area contributed by atoms with E-state index in [9.17, 15) is 4.79 Å². The summed E-state index contributed by atoms with van der Waals surface area (Å²) in [6, 6.07) is 8.00. The molecule has 0 atom stereocenters. The van der Waals surface area contributed by atoms with Gasteiger partial charge >= 0.3 is 0 Å². The Morgan fingerprint density at radius 1 is 1.14 bits per heavy atom. The molecule has 0 aliphatic heterocycles. The van der Waals surface area contributed by atoms with Gasteiger partial charge in [0, 0.05) is 19.5 Å². The molecule has 4 nitrogen and oxygen atoms in total. The molecule has 0 aliphatic rings. The van der Waals surface area contributed by atoms with Gasteiger partial charge in [0.15, 0.2) is 0 Å². The molecular formula is C16H20ClN3O. The van der Waals surface area contributed by atoms with E-state index in [1.54, 1.807) is 12.2 Å². The molecule has 0 N–H and O–H groups in total. The Kier molecular flexibility index (Phi) is 6.18. The number of allylic oxidation sites excluding steroid dienone is 2. The van der Waals surface area contributed by atoms with Crippen molar-refractivity contribution in [1.82, 2.24) is 9.13 Å². The van der Waals surface area contributed by atoms with Crippen LogP contribution in [0.3, 0.4) is 0 Å². The number of para-hydroxylation sites is 2. The lowest BCUT2D eigenvalue weighted by Gasteiger charge is -2.01. The third-order valence-corrected chi connectivity index (χ3v) is 3.10. The lowest BCUT2D eigenvalue weighted by Crippen LogP contribution is -2.27. The number of carbonyl (C=O) groups is 1. The molecule has 1 aromatic heterocycles. The summed E-state index contributed by atoms with van der Waals surface area (Å²) < 4.78 is 4.00. The van der Waals surface area contributed by atoms with Gasteiger partial charge < -0.3 is 9.13 Å². The van der Waals surface area contributed by atoms with E-state index >= 15 is 0 Å². The van der Waals surface area contributed by atoms with Crippen LogP contribution >= 0.6 is 12.4 Å². The van der Waals surface area contributed by atoms with Crippen LogP contribution in [0.1, 0.15) is 13.3 Å². The van der Waals surface area contributed by atoms with Crippen molar-refractivity contribution in [1.29, 1.82) is 0 Å². The van der Waals surface area contributed by atoms with Crippen LogP contribution in [0, 0.1) is 0 Å². The largest absolute Gasteiger partial charge is 0.306 e. The van der Waals surface area contributed by atoms with E-state index in [0.29, 0.717) is 25.1 Å². The van der Waals surface area contributed by atoms with Crippen LogP contribution < -0.4 is 5.62 Å². The highest BCUT2D eigenvalue weighted by atomic mass is 35.5. The maximum atomic E-state index is 11.7. The zero-order valence-corrected chi connectivity index (χ0v) is 13.0. The van der Waals surface area contributed by atoms with Gasteiger partial charge in [-0.3, -0.25) is 4.79 Å². The molecule has 112 valence electrons. The summed E-state index contributed by atoms with van der Waals surface area (Å²) >= 11 is 0. The molecule has 0 bridgehead atoms. The van der Waals surface area contributed by atoms with Crippen LogP contribution in [-0.2, 0) is 17.9 Å². The molecule has 0 aliphatic carbocycles. The summed E-state index contributed by atoms with van der Waals surface area (Å²) in [5, 5.41) is 0. The van der Waals surface area contributed by atoms with Gasteiger partial charge in [-0.1, -0.05) is 31.2 Å². The second kappa shape index (κ2) is 7.64. The fourth-order valence-corrected chi connectivity index (χ4v) is 2.21. The highest BCUT2D eigenvalue weighted by molar-refractivity contribution is 5.85. The number of rotatable bonds is 5. The number of amides is 1. The van der Waals surface area contributed by atoms with E-state index in [-0.39, 0.29) is 18.3 Å². The molecule has 2 aromatic rings. The van der Waals surface area contributed by atoms with Crippen molar-refractivity contribution in [3.8, 4) is 0 Å². The van der Waals surface area contributed by atoms with Gasteiger partial charge in [-0.2, -0.15) is 4.99 Å². The molecular weight excluding hydrogens is 286 g/mol. The molecule has 1 heterocycles. The molecule has 2 rings (SSSR count). The van der Waals surface area contributed by atoms with Crippen LogP contribution in [0.15, 0.2) is 54.6 Å². The predicted molar refractivity (Wildman–Crippen MR) is 88.4 cm³/mol. The highest BCUT2D eigenvalue weighted by Gasteiger charge is 2.10. The lowest BCUT2D eigenvalue weighted by atomic mass is 10.3. The average molecular weight is 306 g/mol. The van der Waals surface area contributed by atoms with Gasteiger partial charge in [0.1, 0.15) is 0 Å². The summed E-state index contributed by atoms with van der Waals surface area (Å²) in [5.74, 6) is -0.129. The van der Waals surface area contributed by atoms with E-state index in [0.717, 1.165) is 11.0 Å². The Morgan fingerprint density at radius 3 is 2.00 bits per heavy atom. The molecule has 0 unspecified atom stereocenters.